The van der Waals surface area contributed by atoms with Gasteiger partial charge >= 0.3 is 5.91 Å². The topological polar surface area (TPSA) is 159 Å². The molecule has 0 saturated heterocycles. The fraction of sp³-hybridized carbons (Fsp3) is 0. The van der Waals surface area contributed by atoms with E-state index in [1.54, 1.807) is 0 Å². The van der Waals surface area contributed by atoms with Crippen molar-refractivity contribution in [1.82, 2.24) is 9.97 Å². The van der Waals surface area contributed by atoms with Crippen LogP contribution in [0.4, 0.5) is 11.6 Å². The van der Waals surface area contributed by atoms with Crippen molar-refractivity contribution >= 4 is 23.5 Å². The van der Waals surface area contributed by atoms with Gasteiger partial charge in [0.25, 0.3) is 0 Å². The molecule has 2 aromatic rings. The lowest BCUT2D eigenvalue weighted by Crippen LogP contribution is -2.25. The highest BCUT2D eigenvalue weighted by Gasteiger charge is 2.15. The highest BCUT2D eigenvalue weighted by atomic mass is 16.1. The lowest BCUT2D eigenvalue weighted by Gasteiger charge is -2.03. The number of amides is 1. The van der Waals surface area contributed by atoms with Crippen molar-refractivity contribution in [2.45, 2.75) is 0 Å². The molecule has 22 heavy (non-hydrogen) atoms. The Kier molecular flexibility index (Phi) is 4.19. The first-order valence-corrected chi connectivity index (χ1v) is 6.11. The maximum Gasteiger partial charge on any atom is 0.302 e. The van der Waals surface area contributed by atoms with Crippen molar-refractivity contribution in [1.29, 1.82) is 0 Å². The third-order valence-corrected chi connectivity index (χ3v) is 2.48. The zero-order chi connectivity index (χ0) is 16.1. The van der Waals surface area contributed by atoms with Crippen LogP contribution < -0.4 is 22.9 Å². The van der Waals surface area contributed by atoms with Crippen molar-refractivity contribution in [3.8, 4) is 11.8 Å². The van der Waals surface area contributed by atoms with E-state index in [4.69, 9.17) is 22.9 Å². The molecule has 0 spiro atoms. The van der Waals surface area contributed by atoms with E-state index in [1.807, 2.05) is 30.3 Å². The Hall–Kier alpha value is -3.60. The summed E-state index contributed by atoms with van der Waals surface area (Å²) in [6.45, 7) is 0. The van der Waals surface area contributed by atoms with Gasteiger partial charge in [-0.3, -0.25) is 4.79 Å². The predicted molar refractivity (Wildman–Crippen MR) is 83.4 cm³/mol. The van der Waals surface area contributed by atoms with Gasteiger partial charge in [-0.05, 0) is 18.1 Å². The smallest absolute Gasteiger partial charge is 0.302 e. The van der Waals surface area contributed by atoms with Crippen molar-refractivity contribution in [2.75, 3.05) is 11.5 Å². The monoisotopic (exact) mass is 295 g/mol. The summed E-state index contributed by atoms with van der Waals surface area (Å²) in [6, 6.07) is 9.19. The fourth-order valence-corrected chi connectivity index (χ4v) is 1.53. The fourth-order valence-electron chi connectivity index (χ4n) is 1.53. The van der Waals surface area contributed by atoms with Crippen molar-refractivity contribution in [3.05, 3.63) is 47.3 Å². The van der Waals surface area contributed by atoms with Crippen molar-refractivity contribution < 1.29 is 4.79 Å². The first-order chi connectivity index (χ1) is 10.5. The summed E-state index contributed by atoms with van der Waals surface area (Å²) >= 11 is 0. The number of guanidine groups is 1. The van der Waals surface area contributed by atoms with Gasteiger partial charge in [0.2, 0.25) is 0 Å². The van der Waals surface area contributed by atoms with Crippen LogP contribution >= 0.6 is 0 Å². The summed E-state index contributed by atoms with van der Waals surface area (Å²) in [6.07, 6.45) is 0. The van der Waals surface area contributed by atoms with Crippen molar-refractivity contribution in [3.63, 3.8) is 0 Å². The average molecular weight is 295 g/mol. The number of rotatable bonds is 1. The zero-order valence-corrected chi connectivity index (χ0v) is 11.4. The molecule has 1 aromatic heterocycles. The molecule has 8 nitrogen and oxygen atoms in total. The Labute approximate surface area is 126 Å². The number of aromatic nitrogens is 2. The number of anilines is 2. The summed E-state index contributed by atoms with van der Waals surface area (Å²) in [5.41, 5.74) is 22.3. The number of hydrogen-bond donors (Lipinski definition) is 4. The van der Waals surface area contributed by atoms with Gasteiger partial charge in [-0.15, -0.1) is 0 Å². The van der Waals surface area contributed by atoms with E-state index in [2.05, 4.69) is 26.8 Å². The number of carbonyl (C=O) groups excluding carboxylic acids is 1. The molecule has 1 amide bonds. The van der Waals surface area contributed by atoms with E-state index in [9.17, 15) is 4.79 Å². The summed E-state index contributed by atoms with van der Waals surface area (Å²) in [7, 11) is 0. The van der Waals surface area contributed by atoms with Gasteiger partial charge in [0.1, 0.15) is 0 Å². The number of benzene rings is 1. The zero-order valence-electron chi connectivity index (χ0n) is 11.4. The molecule has 1 aromatic carbocycles. The Morgan fingerprint density at radius 2 is 1.68 bits per heavy atom. The third kappa shape index (κ3) is 3.49. The van der Waals surface area contributed by atoms with Gasteiger partial charge in [0.15, 0.2) is 29.0 Å². The molecule has 8 heteroatoms. The van der Waals surface area contributed by atoms with Gasteiger partial charge in [0.05, 0.1) is 0 Å². The summed E-state index contributed by atoms with van der Waals surface area (Å²) in [5.74, 6) is 4.23. The van der Waals surface area contributed by atoms with Crippen LogP contribution in [0.3, 0.4) is 0 Å². The molecule has 0 atom stereocenters. The first-order valence-electron chi connectivity index (χ1n) is 6.11. The number of carbonyl (C=O) groups is 1. The van der Waals surface area contributed by atoms with Gasteiger partial charge in [-0.25, -0.2) is 9.97 Å². The minimum absolute atomic E-state index is 0.0159. The Balaban J connectivity index is 2.44. The second kappa shape index (κ2) is 6.23. The van der Waals surface area contributed by atoms with Crippen LogP contribution in [-0.4, -0.2) is 21.8 Å². The quantitative estimate of drug-likeness (QED) is 0.312. The first kappa shape index (κ1) is 14.8. The molecule has 0 aliphatic rings. The number of nitrogen functional groups attached to an aromatic ring is 2. The van der Waals surface area contributed by atoms with Gasteiger partial charge < -0.3 is 22.9 Å². The number of nitrogens with two attached hydrogens (primary N) is 4. The van der Waals surface area contributed by atoms with Gasteiger partial charge in [-0.1, -0.05) is 24.1 Å². The van der Waals surface area contributed by atoms with E-state index in [0.29, 0.717) is 0 Å². The lowest BCUT2D eigenvalue weighted by atomic mass is 10.2. The predicted octanol–water partition coefficient (Wildman–Crippen LogP) is -0.546. The van der Waals surface area contributed by atoms with Crippen LogP contribution in [0.15, 0.2) is 35.3 Å². The Bertz CT molecular complexity index is 799. The molecular formula is C14H13N7O. The largest absolute Gasteiger partial charge is 0.382 e. The van der Waals surface area contributed by atoms with E-state index in [1.165, 1.54) is 0 Å². The van der Waals surface area contributed by atoms with Crippen LogP contribution in [-0.2, 0) is 0 Å². The molecule has 2 rings (SSSR count). The Morgan fingerprint density at radius 1 is 1.00 bits per heavy atom. The normalized spacial score (nSPS) is 9.45. The van der Waals surface area contributed by atoms with Gasteiger partial charge in [0, 0.05) is 5.56 Å². The van der Waals surface area contributed by atoms with Gasteiger partial charge in [-0.2, -0.15) is 4.99 Å². The average Bonchev–Trinajstić information content (AvgIpc) is 2.46. The molecule has 0 aliphatic carbocycles. The molecule has 8 N–H and O–H groups in total. The SMILES string of the molecule is NC(N)=NC(=O)c1nc(C#Cc2ccccc2)c(N)nc1N. The van der Waals surface area contributed by atoms with E-state index < -0.39 is 11.9 Å². The van der Waals surface area contributed by atoms with E-state index >= 15 is 0 Å². The number of nitrogens with zero attached hydrogens (tertiary/aromatic N) is 3. The maximum atomic E-state index is 11.8. The molecule has 0 fully saturated rings. The molecule has 0 unspecified atom stereocenters. The minimum atomic E-state index is -0.812. The molecule has 0 radical (unpaired) electrons. The molecule has 0 aliphatic heterocycles. The molecule has 0 saturated carbocycles. The standard InChI is InChI=1S/C14H13N7O/c15-11-9(7-6-8-4-2-1-3-5-8)19-10(12(16)20-11)13(22)21-14(17)18/h1-5H,(H4,15,16,20)(H4,17,18,21,22). The second-order valence-electron chi connectivity index (χ2n) is 4.15. The van der Waals surface area contributed by atoms with E-state index in [-0.39, 0.29) is 23.0 Å². The minimum Gasteiger partial charge on any atom is -0.382 e. The van der Waals surface area contributed by atoms with Crippen molar-refractivity contribution in [2.24, 2.45) is 16.5 Å². The molecule has 110 valence electrons. The molecule has 1 heterocycles. The number of hydrogen-bond acceptors (Lipinski definition) is 5. The van der Waals surface area contributed by atoms with Crippen LogP contribution in [0.25, 0.3) is 0 Å². The summed E-state index contributed by atoms with van der Waals surface area (Å²) < 4.78 is 0. The highest BCUT2D eigenvalue weighted by molar-refractivity contribution is 6.03. The van der Waals surface area contributed by atoms with E-state index in [0.717, 1.165) is 5.56 Å². The molecule has 0 bridgehead atoms. The number of aliphatic imine (C=N–C) groups is 1. The third-order valence-electron chi connectivity index (χ3n) is 2.48. The van der Waals surface area contributed by atoms with Crippen LogP contribution in [0, 0.1) is 11.8 Å². The summed E-state index contributed by atoms with van der Waals surface area (Å²) in [5, 5.41) is 0. The highest BCUT2D eigenvalue weighted by Crippen LogP contribution is 2.13. The van der Waals surface area contributed by atoms with Crippen LogP contribution in [0.2, 0.25) is 0 Å². The van der Waals surface area contributed by atoms with Crippen LogP contribution in [0.5, 0.6) is 0 Å². The molecular weight excluding hydrogens is 282 g/mol. The second-order valence-corrected chi connectivity index (χ2v) is 4.15. The maximum absolute atomic E-state index is 11.8. The Morgan fingerprint density at radius 3 is 2.32 bits per heavy atom. The summed E-state index contributed by atoms with van der Waals surface area (Å²) in [4.78, 5) is 23.0. The van der Waals surface area contributed by atoms with Crippen LogP contribution in [0.1, 0.15) is 21.7 Å². The lowest BCUT2D eigenvalue weighted by molar-refractivity contribution is 0.0998.